The molecule has 0 fully saturated rings. The van der Waals surface area contributed by atoms with Gasteiger partial charge in [-0.25, -0.2) is 0 Å². The number of nitrogens with one attached hydrogen (secondary N) is 1. The van der Waals surface area contributed by atoms with E-state index in [1.54, 1.807) is 6.07 Å². The molecule has 86 valence electrons. The van der Waals surface area contributed by atoms with Gasteiger partial charge < -0.3 is 5.32 Å². The van der Waals surface area contributed by atoms with E-state index in [1.807, 2.05) is 37.5 Å². The van der Waals surface area contributed by atoms with Crippen molar-refractivity contribution >= 4 is 29.1 Å². The first-order chi connectivity index (χ1) is 8.12. The van der Waals surface area contributed by atoms with Gasteiger partial charge >= 0.3 is 0 Å². The van der Waals surface area contributed by atoms with Crippen LogP contribution in [0.5, 0.6) is 0 Å². The second-order valence-corrected chi connectivity index (χ2v) is 4.47. The Labute approximate surface area is 110 Å². The van der Waals surface area contributed by atoms with Crippen molar-refractivity contribution < 1.29 is 0 Å². The van der Waals surface area contributed by atoms with Gasteiger partial charge in [0.2, 0.25) is 0 Å². The summed E-state index contributed by atoms with van der Waals surface area (Å²) in [7, 11) is 0. The fraction of sp³-hybridized carbons (Fsp3) is 0.167. The highest BCUT2D eigenvalue weighted by Crippen LogP contribution is 2.25. The van der Waals surface area contributed by atoms with Gasteiger partial charge in [-0.15, -0.1) is 11.8 Å². The monoisotopic (exact) mass is 263 g/mol. The minimum Gasteiger partial charge on any atom is -0.348 e. The van der Waals surface area contributed by atoms with Gasteiger partial charge in [0.25, 0.3) is 0 Å². The molecule has 0 atom stereocenters. The topological polar surface area (TPSA) is 59.6 Å². The van der Waals surface area contributed by atoms with Crippen LogP contribution in [0.2, 0.25) is 5.02 Å². The van der Waals surface area contributed by atoms with E-state index in [0.717, 1.165) is 11.3 Å². The summed E-state index contributed by atoms with van der Waals surface area (Å²) >= 11 is 7.18. The van der Waals surface area contributed by atoms with Gasteiger partial charge in [-0.05, 0) is 36.9 Å². The van der Waals surface area contributed by atoms with Crippen LogP contribution in [0.4, 0.5) is 5.69 Å². The van der Waals surface area contributed by atoms with Crippen molar-refractivity contribution in [2.45, 2.75) is 6.92 Å². The van der Waals surface area contributed by atoms with Crippen LogP contribution in [0.3, 0.4) is 0 Å². The fourth-order valence-corrected chi connectivity index (χ4v) is 1.97. The fourth-order valence-electron chi connectivity index (χ4n) is 1.23. The average molecular weight is 264 g/mol. The highest BCUT2D eigenvalue weighted by Gasteiger charge is 2.07. The second kappa shape index (κ2) is 6.20. The van der Waals surface area contributed by atoms with Gasteiger partial charge in [0.1, 0.15) is 17.2 Å². The Morgan fingerprint density at radius 2 is 2.00 bits per heavy atom. The number of benzene rings is 1. The smallest absolute Gasteiger partial charge is 0.159 e. The predicted molar refractivity (Wildman–Crippen MR) is 71.6 cm³/mol. The molecule has 1 aromatic rings. The molecule has 0 aliphatic carbocycles. The quantitative estimate of drug-likeness (QED) is 0.845. The molecule has 5 heteroatoms. The molecule has 1 N–H and O–H groups in total. The number of hydrogen-bond donors (Lipinski definition) is 1. The number of halogens is 1. The Morgan fingerprint density at radius 3 is 2.47 bits per heavy atom. The van der Waals surface area contributed by atoms with E-state index in [-0.39, 0.29) is 5.57 Å². The third kappa shape index (κ3) is 3.42. The number of rotatable bonds is 3. The SMILES string of the molecule is CSC(Nc1ccc(Cl)cc1C)=C(C#N)C#N. The van der Waals surface area contributed by atoms with Gasteiger partial charge in [0, 0.05) is 10.7 Å². The Kier molecular flexibility index (Phi) is 4.90. The molecule has 0 saturated heterocycles. The highest BCUT2D eigenvalue weighted by atomic mass is 35.5. The summed E-state index contributed by atoms with van der Waals surface area (Å²) in [4.78, 5) is 0. The summed E-state index contributed by atoms with van der Waals surface area (Å²) < 4.78 is 0. The minimum atomic E-state index is 0.0758. The van der Waals surface area contributed by atoms with Gasteiger partial charge in [-0.2, -0.15) is 10.5 Å². The molecule has 0 saturated carbocycles. The predicted octanol–water partition coefficient (Wildman–Crippen LogP) is 3.68. The largest absolute Gasteiger partial charge is 0.348 e. The van der Waals surface area contributed by atoms with E-state index < -0.39 is 0 Å². The van der Waals surface area contributed by atoms with Crippen molar-refractivity contribution in [3.05, 3.63) is 39.4 Å². The minimum absolute atomic E-state index is 0.0758. The number of nitriles is 2. The van der Waals surface area contributed by atoms with Crippen molar-refractivity contribution in [1.29, 1.82) is 10.5 Å². The third-order valence-corrected chi connectivity index (χ3v) is 3.04. The van der Waals surface area contributed by atoms with Crippen LogP contribution < -0.4 is 5.32 Å². The van der Waals surface area contributed by atoms with Crippen LogP contribution in [0, 0.1) is 29.6 Å². The summed E-state index contributed by atoms with van der Waals surface area (Å²) in [5, 5.41) is 21.9. The molecule has 0 bridgehead atoms. The van der Waals surface area contributed by atoms with E-state index in [9.17, 15) is 0 Å². The summed E-state index contributed by atoms with van der Waals surface area (Å²) in [6.07, 6.45) is 1.81. The Balaban J connectivity index is 3.10. The van der Waals surface area contributed by atoms with Crippen LogP contribution >= 0.6 is 23.4 Å². The molecule has 1 aromatic carbocycles. The third-order valence-electron chi connectivity index (χ3n) is 2.09. The van der Waals surface area contributed by atoms with Crippen LogP contribution in [0.1, 0.15) is 5.56 Å². The summed E-state index contributed by atoms with van der Waals surface area (Å²) in [5.41, 5.74) is 1.87. The lowest BCUT2D eigenvalue weighted by Crippen LogP contribution is -2.00. The number of hydrogen-bond acceptors (Lipinski definition) is 4. The molecule has 0 spiro atoms. The lowest BCUT2D eigenvalue weighted by atomic mass is 10.2. The van der Waals surface area contributed by atoms with Crippen molar-refractivity contribution in [3.63, 3.8) is 0 Å². The zero-order valence-electron chi connectivity index (χ0n) is 9.41. The van der Waals surface area contributed by atoms with Crippen LogP contribution in [0.25, 0.3) is 0 Å². The first-order valence-electron chi connectivity index (χ1n) is 4.74. The van der Waals surface area contributed by atoms with Crippen molar-refractivity contribution in [2.75, 3.05) is 11.6 Å². The lowest BCUT2D eigenvalue weighted by Gasteiger charge is -2.11. The van der Waals surface area contributed by atoms with Crippen molar-refractivity contribution in [3.8, 4) is 12.1 Å². The standard InChI is InChI=1S/C12H10ClN3S/c1-8-5-10(13)3-4-11(8)16-12(17-2)9(6-14)7-15/h3-5,16H,1-2H3. The van der Waals surface area contributed by atoms with Crippen LogP contribution in [0.15, 0.2) is 28.8 Å². The molecular weight excluding hydrogens is 254 g/mol. The molecule has 0 radical (unpaired) electrons. The Morgan fingerprint density at radius 1 is 1.35 bits per heavy atom. The summed E-state index contributed by atoms with van der Waals surface area (Å²) in [6.45, 7) is 1.91. The number of anilines is 1. The Hall–Kier alpha value is -1.62. The molecule has 3 nitrogen and oxygen atoms in total. The first kappa shape index (κ1) is 13.4. The molecule has 0 unspecified atom stereocenters. The molecule has 0 aliphatic heterocycles. The molecule has 17 heavy (non-hydrogen) atoms. The van der Waals surface area contributed by atoms with E-state index in [1.165, 1.54) is 11.8 Å². The maximum Gasteiger partial charge on any atom is 0.159 e. The lowest BCUT2D eigenvalue weighted by molar-refractivity contribution is 1.40. The van der Waals surface area contributed by atoms with E-state index in [4.69, 9.17) is 22.1 Å². The molecule has 1 rings (SSSR count). The number of nitrogens with zero attached hydrogens (tertiary/aromatic N) is 2. The number of allylic oxidation sites excluding steroid dienone is 1. The maximum absolute atomic E-state index is 8.81. The van der Waals surface area contributed by atoms with Crippen LogP contribution in [-0.2, 0) is 0 Å². The van der Waals surface area contributed by atoms with Crippen molar-refractivity contribution in [1.82, 2.24) is 0 Å². The zero-order valence-corrected chi connectivity index (χ0v) is 11.0. The average Bonchev–Trinajstić information content (AvgIpc) is 2.32. The second-order valence-electron chi connectivity index (χ2n) is 3.22. The molecule has 0 aliphatic rings. The molecule has 0 heterocycles. The normalized spacial score (nSPS) is 9.00. The van der Waals surface area contributed by atoms with Gasteiger partial charge in [0.15, 0.2) is 5.57 Å². The van der Waals surface area contributed by atoms with Crippen LogP contribution in [-0.4, -0.2) is 6.26 Å². The summed E-state index contributed by atoms with van der Waals surface area (Å²) in [6, 6.07) is 9.12. The zero-order chi connectivity index (χ0) is 12.8. The molecule has 0 aromatic heterocycles. The highest BCUT2D eigenvalue weighted by molar-refractivity contribution is 8.02. The van der Waals surface area contributed by atoms with Gasteiger partial charge in [0.05, 0.1) is 0 Å². The maximum atomic E-state index is 8.81. The molecular formula is C12H10ClN3S. The van der Waals surface area contributed by atoms with E-state index in [0.29, 0.717) is 10.1 Å². The first-order valence-corrected chi connectivity index (χ1v) is 6.34. The van der Waals surface area contributed by atoms with E-state index >= 15 is 0 Å². The Bertz CT molecular complexity index is 522. The molecule has 0 amide bonds. The number of thioether (sulfide) groups is 1. The van der Waals surface area contributed by atoms with Gasteiger partial charge in [-0.3, -0.25) is 0 Å². The number of aryl methyl sites for hydroxylation is 1. The van der Waals surface area contributed by atoms with Gasteiger partial charge in [-0.1, -0.05) is 11.6 Å². The summed E-state index contributed by atoms with van der Waals surface area (Å²) in [5.74, 6) is 0. The van der Waals surface area contributed by atoms with Crippen molar-refractivity contribution in [2.24, 2.45) is 0 Å². The van der Waals surface area contributed by atoms with E-state index in [2.05, 4.69) is 5.32 Å².